The number of primary amides is 1. The predicted octanol–water partition coefficient (Wildman–Crippen LogP) is 3.78. The van der Waals surface area contributed by atoms with E-state index in [1.807, 2.05) is 0 Å². The van der Waals surface area contributed by atoms with Crippen molar-refractivity contribution in [1.82, 2.24) is 19.5 Å². The number of amides is 1. The van der Waals surface area contributed by atoms with Crippen LogP contribution in [0.1, 0.15) is 34.0 Å². The molecule has 4 rings (SSSR count). The highest BCUT2D eigenvalue weighted by atomic mass is 19.4. The molecule has 1 unspecified atom stereocenters. The van der Waals surface area contributed by atoms with Gasteiger partial charge in [-0.25, -0.2) is 18.7 Å². The maximum absolute atomic E-state index is 12.8. The second-order valence-corrected chi connectivity index (χ2v) is 7.57. The van der Waals surface area contributed by atoms with Crippen molar-refractivity contribution >= 4 is 16.9 Å². The molecule has 178 valence electrons. The average molecular weight is 471 g/mol. The number of carbonyl (C=O) groups excluding carboxylic acids is 1. The summed E-state index contributed by atoms with van der Waals surface area (Å²) in [6, 6.07) is 3.02. The Morgan fingerprint density at radius 2 is 2.03 bits per heavy atom. The number of halogens is 5. The third kappa shape index (κ3) is 6.44. The normalized spacial score (nSPS) is 16.2. The fraction of sp³-hybridized carbons (Fsp3) is 0.429. The van der Waals surface area contributed by atoms with E-state index < -0.39 is 30.6 Å². The summed E-state index contributed by atoms with van der Waals surface area (Å²) in [4.78, 5) is 22.2. The number of rotatable bonds is 5. The molecule has 3 aromatic rings. The standard InChI is InChI=1S/C15H15F5N2O.C6H7N3O/c16-13(17)7-22-12-2-1-10(15(18,19)20)6-11(12)21-14(22)5-9-3-4-23-8-9;1-4-2-9-5(3-8-4)6(7)10/h1-2,6,9,13H,3-5,7-8H2;2-3H,1H3,(H2,7,10). The molecule has 3 heterocycles. The number of fused-ring (bicyclic) bond motifs is 1. The quantitative estimate of drug-likeness (QED) is 0.572. The van der Waals surface area contributed by atoms with E-state index in [9.17, 15) is 26.7 Å². The summed E-state index contributed by atoms with van der Waals surface area (Å²) in [5.41, 5.74) is 5.45. The van der Waals surface area contributed by atoms with E-state index in [0.717, 1.165) is 24.2 Å². The summed E-state index contributed by atoms with van der Waals surface area (Å²) in [5, 5.41) is 0. The molecule has 33 heavy (non-hydrogen) atoms. The minimum absolute atomic E-state index is 0.0920. The summed E-state index contributed by atoms with van der Waals surface area (Å²) < 4.78 is 70.6. The van der Waals surface area contributed by atoms with Crippen molar-refractivity contribution in [3.05, 3.63) is 53.4 Å². The maximum Gasteiger partial charge on any atom is 0.416 e. The van der Waals surface area contributed by atoms with Crippen LogP contribution in [-0.2, 0) is 23.9 Å². The Morgan fingerprint density at radius 3 is 2.58 bits per heavy atom. The number of aryl methyl sites for hydroxylation is 1. The second kappa shape index (κ2) is 10.2. The minimum Gasteiger partial charge on any atom is -0.381 e. The van der Waals surface area contributed by atoms with Crippen LogP contribution >= 0.6 is 0 Å². The number of imidazole rings is 1. The third-order valence-corrected chi connectivity index (χ3v) is 5.00. The van der Waals surface area contributed by atoms with Crippen LogP contribution in [0, 0.1) is 12.8 Å². The van der Waals surface area contributed by atoms with Crippen molar-refractivity contribution in [2.75, 3.05) is 13.2 Å². The van der Waals surface area contributed by atoms with Gasteiger partial charge in [-0.05, 0) is 37.5 Å². The van der Waals surface area contributed by atoms with Crippen molar-refractivity contribution in [1.29, 1.82) is 0 Å². The van der Waals surface area contributed by atoms with Gasteiger partial charge in [-0.3, -0.25) is 9.78 Å². The van der Waals surface area contributed by atoms with E-state index >= 15 is 0 Å². The van der Waals surface area contributed by atoms with Crippen LogP contribution < -0.4 is 5.73 Å². The Hall–Kier alpha value is -3.15. The third-order valence-electron chi connectivity index (χ3n) is 5.00. The SMILES string of the molecule is Cc1cnc(C(N)=O)cn1.FC(F)Cn1c(CC2CCOC2)nc2cc(C(F)(F)F)ccc21. The number of hydrogen-bond acceptors (Lipinski definition) is 5. The second-order valence-electron chi connectivity index (χ2n) is 7.57. The lowest BCUT2D eigenvalue weighted by Gasteiger charge is -2.11. The Balaban J connectivity index is 0.000000257. The summed E-state index contributed by atoms with van der Waals surface area (Å²) in [5.74, 6) is -0.00653. The molecule has 0 bridgehead atoms. The smallest absolute Gasteiger partial charge is 0.381 e. The zero-order valence-electron chi connectivity index (χ0n) is 17.6. The van der Waals surface area contributed by atoms with Crippen molar-refractivity contribution in [2.45, 2.75) is 38.9 Å². The first-order chi connectivity index (χ1) is 15.5. The number of nitrogens with two attached hydrogens (primary N) is 1. The van der Waals surface area contributed by atoms with E-state index in [4.69, 9.17) is 10.5 Å². The lowest BCUT2D eigenvalue weighted by Crippen LogP contribution is -2.14. The molecule has 0 aliphatic carbocycles. The lowest BCUT2D eigenvalue weighted by atomic mass is 10.1. The van der Waals surface area contributed by atoms with E-state index in [1.165, 1.54) is 23.0 Å². The predicted molar refractivity (Wildman–Crippen MR) is 109 cm³/mol. The topological polar surface area (TPSA) is 95.9 Å². The summed E-state index contributed by atoms with van der Waals surface area (Å²) >= 11 is 0. The Bertz CT molecular complexity index is 1090. The number of hydrogen-bond donors (Lipinski definition) is 1. The zero-order chi connectivity index (χ0) is 24.2. The molecule has 0 radical (unpaired) electrons. The van der Waals surface area contributed by atoms with Gasteiger partial charge < -0.3 is 15.0 Å². The Morgan fingerprint density at radius 1 is 1.27 bits per heavy atom. The molecule has 0 saturated carbocycles. The van der Waals surface area contributed by atoms with E-state index in [0.29, 0.717) is 31.0 Å². The van der Waals surface area contributed by atoms with Crippen LogP contribution in [-0.4, -0.2) is 45.1 Å². The number of nitrogens with zero attached hydrogens (tertiary/aromatic N) is 4. The van der Waals surface area contributed by atoms with Gasteiger partial charge in [0.05, 0.1) is 35.0 Å². The summed E-state index contributed by atoms with van der Waals surface area (Å²) in [6.45, 7) is 2.34. The van der Waals surface area contributed by atoms with Gasteiger partial charge in [0, 0.05) is 25.8 Å². The van der Waals surface area contributed by atoms with Gasteiger partial charge in [-0.15, -0.1) is 0 Å². The molecule has 1 aliphatic rings. The molecular weight excluding hydrogens is 449 g/mol. The monoisotopic (exact) mass is 471 g/mol. The molecule has 1 aliphatic heterocycles. The average Bonchev–Trinajstić information content (AvgIpc) is 3.36. The summed E-state index contributed by atoms with van der Waals surface area (Å²) in [7, 11) is 0. The van der Waals surface area contributed by atoms with Gasteiger partial charge in [0.15, 0.2) is 0 Å². The molecule has 7 nitrogen and oxygen atoms in total. The van der Waals surface area contributed by atoms with E-state index in [2.05, 4.69) is 15.0 Å². The number of alkyl halides is 5. The Kier molecular flexibility index (Phi) is 7.57. The highest BCUT2D eigenvalue weighted by Crippen LogP contribution is 2.32. The molecule has 1 aromatic carbocycles. The van der Waals surface area contributed by atoms with E-state index in [1.54, 1.807) is 6.92 Å². The number of carbonyl (C=O) groups is 1. The van der Waals surface area contributed by atoms with Gasteiger partial charge in [0.1, 0.15) is 11.5 Å². The van der Waals surface area contributed by atoms with E-state index in [-0.39, 0.29) is 17.1 Å². The molecule has 0 spiro atoms. The van der Waals surface area contributed by atoms with Crippen molar-refractivity contribution in [3.8, 4) is 0 Å². The molecule has 1 amide bonds. The van der Waals surface area contributed by atoms with Gasteiger partial charge >= 0.3 is 6.18 Å². The van der Waals surface area contributed by atoms with Crippen LogP contribution in [0.4, 0.5) is 22.0 Å². The number of benzene rings is 1. The summed E-state index contributed by atoms with van der Waals surface area (Å²) in [6.07, 6.45) is -3.01. The largest absolute Gasteiger partial charge is 0.416 e. The van der Waals surface area contributed by atoms with Gasteiger partial charge in [0.25, 0.3) is 12.3 Å². The fourth-order valence-corrected chi connectivity index (χ4v) is 3.38. The van der Waals surface area contributed by atoms with Crippen LogP contribution in [0.2, 0.25) is 0 Å². The Labute approximate surface area is 185 Å². The lowest BCUT2D eigenvalue weighted by molar-refractivity contribution is -0.137. The minimum atomic E-state index is -4.49. The first kappa shape index (κ1) is 24.5. The van der Waals surface area contributed by atoms with Crippen LogP contribution in [0.25, 0.3) is 11.0 Å². The molecule has 1 fully saturated rings. The fourth-order valence-electron chi connectivity index (χ4n) is 3.38. The highest BCUT2D eigenvalue weighted by Gasteiger charge is 2.31. The molecule has 1 saturated heterocycles. The van der Waals surface area contributed by atoms with Crippen molar-refractivity contribution < 1.29 is 31.5 Å². The number of ether oxygens (including phenoxy) is 1. The molecule has 12 heteroatoms. The van der Waals surface area contributed by atoms with Crippen LogP contribution in [0.3, 0.4) is 0 Å². The number of aromatic nitrogens is 4. The van der Waals surface area contributed by atoms with Gasteiger partial charge in [0.2, 0.25) is 0 Å². The first-order valence-corrected chi connectivity index (χ1v) is 10.0. The van der Waals surface area contributed by atoms with Crippen LogP contribution in [0.15, 0.2) is 30.6 Å². The molecular formula is C21H22F5N5O2. The highest BCUT2D eigenvalue weighted by molar-refractivity contribution is 5.90. The van der Waals surface area contributed by atoms with Crippen molar-refractivity contribution in [2.24, 2.45) is 11.7 Å². The molecule has 2 N–H and O–H groups in total. The zero-order valence-corrected chi connectivity index (χ0v) is 17.6. The van der Waals surface area contributed by atoms with Gasteiger partial charge in [-0.2, -0.15) is 13.2 Å². The maximum atomic E-state index is 12.8. The molecule has 2 aromatic heterocycles. The molecule has 1 atom stereocenters. The first-order valence-electron chi connectivity index (χ1n) is 10.0. The van der Waals surface area contributed by atoms with Crippen LogP contribution in [0.5, 0.6) is 0 Å². The van der Waals surface area contributed by atoms with Gasteiger partial charge in [-0.1, -0.05) is 0 Å². The van der Waals surface area contributed by atoms with Crippen molar-refractivity contribution in [3.63, 3.8) is 0 Å².